The number of rotatable bonds is 1. The SMILES string of the molecule is CC1CN(C)CCN1C1CN(C)C1. The van der Waals surface area contributed by atoms with Gasteiger partial charge in [-0.3, -0.25) is 4.90 Å². The van der Waals surface area contributed by atoms with Gasteiger partial charge >= 0.3 is 0 Å². The molecule has 0 saturated carbocycles. The molecule has 0 aromatic heterocycles. The van der Waals surface area contributed by atoms with Gasteiger partial charge in [-0.05, 0) is 21.0 Å². The monoisotopic (exact) mass is 183 g/mol. The van der Waals surface area contributed by atoms with Crippen molar-refractivity contribution < 1.29 is 0 Å². The zero-order valence-electron chi connectivity index (χ0n) is 9.03. The van der Waals surface area contributed by atoms with Gasteiger partial charge in [0.2, 0.25) is 0 Å². The number of likely N-dealkylation sites (tertiary alicyclic amines) is 1. The van der Waals surface area contributed by atoms with Crippen molar-refractivity contribution in [3.8, 4) is 0 Å². The van der Waals surface area contributed by atoms with Crippen LogP contribution >= 0.6 is 0 Å². The smallest absolute Gasteiger partial charge is 0.0354 e. The Kier molecular flexibility index (Phi) is 2.58. The molecule has 76 valence electrons. The van der Waals surface area contributed by atoms with Crippen molar-refractivity contribution in [1.29, 1.82) is 0 Å². The number of hydrogen-bond acceptors (Lipinski definition) is 3. The summed E-state index contributed by atoms with van der Waals surface area (Å²) < 4.78 is 0. The van der Waals surface area contributed by atoms with E-state index in [1.807, 2.05) is 0 Å². The fourth-order valence-electron chi connectivity index (χ4n) is 2.57. The van der Waals surface area contributed by atoms with Gasteiger partial charge in [-0.25, -0.2) is 0 Å². The molecule has 2 aliphatic rings. The summed E-state index contributed by atoms with van der Waals surface area (Å²) in [7, 11) is 4.43. The Morgan fingerprint density at radius 2 is 1.62 bits per heavy atom. The first-order valence-electron chi connectivity index (χ1n) is 5.29. The molecule has 0 aliphatic carbocycles. The molecule has 2 aliphatic heterocycles. The fourth-order valence-corrected chi connectivity index (χ4v) is 2.57. The van der Waals surface area contributed by atoms with E-state index in [0.717, 1.165) is 12.1 Å². The van der Waals surface area contributed by atoms with Gasteiger partial charge in [0, 0.05) is 44.8 Å². The molecule has 0 aromatic rings. The molecule has 3 heteroatoms. The first-order valence-corrected chi connectivity index (χ1v) is 5.29. The van der Waals surface area contributed by atoms with E-state index in [0.29, 0.717) is 0 Å². The highest BCUT2D eigenvalue weighted by Crippen LogP contribution is 2.18. The average molecular weight is 183 g/mol. The standard InChI is InChI=1S/C10H21N3/c1-9-6-11(2)4-5-13(9)10-7-12(3)8-10/h9-10H,4-8H2,1-3H3. The van der Waals surface area contributed by atoms with E-state index < -0.39 is 0 Å². The van der Waals surface area contributed by atoms with E-state index in [9.17, 15) is 0 Å². The molecule has 13 heavy (non-hydrogen) atoms. The minimum atomic E-state index is 0.748. The minimum Gasteiger partial charge on any atom is -0.304 e. The van der Waals surface area contributed by atoms with Crippen LogP contribution in [0.4, 0.5) is 0 Å². The molecule has 0 amide bonds. The second kappa shape index (κ2) is 3.56. The second-order valence-corrected chi connectivity index (χ2v) is 4.72. The summed E-state index contributed by atoms with van der Waals surface area (Å²) in [5, 5.41) is 0. The summed E-state index contributed by atoms with van der Waals surface area (Å²) in [5.41, 5.74) is 0. The van der Waals surface area contributed by atoms with Crippen molar-refractivity contribution in [2.24, 2.45) is 0 Å². The van der Waals surface area contributed by atoms with E-state index >= 15 is 0 Å². The quantitative estimate of drug-likeness (QED) is 0.564. The van der Waals surface area contributed by atoms with Crippen molar-refractivity contribution in [3.05, 3.63) is 0 Å². The van der Waals surface area contributed by atoms with Crippen molar-refractivity contribution in [1.82, 2.24) is 14.7 Å². The molecule has 1 atom stereocenters. The number of likely N-dealkylation sites (N-methyl/N-ethyl adjacent to an activating group) is 2. The van der Waals surface area contributed by atoms with Gasteiger partial charge in [0.15, 0.2) is 0 Å². The maximum Gasteiger partial charge on any atom is 0.0354 e. The minimum absolute atomic E-state index is 0.748. The van der Waals surface area contributed by atoms with Gasteiger partial charge in [-0.1, -0.05) is 0 Å². The number of hydrogen-bond donors (Lipinski definition) is 0. The molecule has 2 heterocycles. The summed E-state index contributed by atoms with van der Waals surface area (Å²) in [6, 6.07) is 1.59. The van der Waals surface area contributed by atoms with E-state index in [1.165, 1.54) is 32.7 Å². The maximum atomic E-state index is 2.68. The summed E-state index contributed by atoms with van der Waals surface area (Å²) in [4.78, 5) is 7.51. The van der Waals surface area contributed by atoms with Crippen molar-refractivity contribution >= 4 is 0 Å². The number of nitrogens with zero attached hydrogens (tertiary/aromatic N) is 3. The third-order valence-electron chi connectivity index (χ3n) is 3.40. The molecule has 0 N–H and O–H groups in total. The van der Waals surface area contributed by atoms with Crippen molar-refractivity contribution in [2.45, 2.75) is 19.0 Å². The lowest BCUT2D eigenvalue weighted by atomic mass is 10.0. The Morgan fingerprint density at radius 1 is 0.923 bits per heavy atom. The lowest BCUT2D eigenvalue weighted by molar-refractivity contribution is -0.00779. The molecule has 0 bridgehead atoms. The normalized spacial score (nSPS) is 34.8. The van der Waals surface area contributed by atoms with E-state index in [2.05, 4.69) is 35.7 Å². The Morgan fingerprint density at radius 3 is 2.15 bits per heavy atom. The van der Waals surface area contributed by atoms with Gasteiger partial charge in [0.05, 0.1) is 0 Å². The van der Waals surface area contributed by atoms with Crippen LogP contribution in [0.25, 0.3) is 0 Å². The third-order valence-corrected chi connectivity index (χ3v) is 3.40. The Hall–Kier alpha value is -0.120. The lowest BCUT2D eigenvalue weighted by Crippen LogP contribution is -2.64. The van der Waals surface area contributed by atoms with Gasteiger partial charge in [0.1, 0.15) is 0 Å². The predicted octanol–water partition coefficient (Wildman–Crippen LogP) is -0.0637. The highest BCUT2D eigenvalue weighted by molar-refractivity contribution is 4.91. The molecule has 0 radical (unpaired) electrons. The van der Waals surface area contributed by atoms with Crippen molar-refractivity contribution in [2.75, 3.05) is 46.8 Å². The van der Waals surface area contributed by atoms with Crippen molar-refractivity contribution in [3.63, 3.8) is 0 Å². The highest BCUT2D eigenvalue weighted by Gasteiger charge is 2.33. The molecule has 3 nitrogen and oxygen atoms in total. The molecule has 2 fully saturated rings. The summed E-state index contributed by atoms with van der Waals surface area (Å²) in [6.45, 7) is 8.64. The van der Waals surface area contributed by atoms with Crippen LogP contribution < -0.4 is 0 Å². The molecular formula is C10H21N3. The first-order chi connectivity index (χ1) is 6.16. The molecular weight excluding hydrogens is 162 g/mol. The zero-order valence-corrected chi connectivity index (χ0v) is 9.03. The maximum absolute atomic E-state index is 2.68. The van der Waals surface area contributed by atoms with Crippen LogP contribution in [0, 0.1) is 0 Å². The summed E-state index contributed by atoms with van der Waals surface area (Å²) >= 11 is 0. The Balaban J connectivity index is 1.86. The fraction of sp³-hybridized carbons (Fsp3) is 1.00. The van der Waals surface area contributed by atoms with E-state index in [-0.39, 0.29) is 0 Å². The summed E-state index contributed by atoms with van der Waals surface area (Å²) in [6.07, 6.45) is 0. The largest absolute Gasteiger partial charge is 0.304 e. The van der Waals surface area contributed by atoms with Crippen LogP contribution in [0.1, 0.15) is 6.92 Å². The number of piperazine rings is 1. The molecule has 2 saturated heterocycles. The van der Waals surface area contributed by atoms with Gasteiger partial charge < -0.3 is 9.80 Å². The van der Waals surface area contributed by atoms with Gasteiger partial charge in [-0.15, -0.1) is 0 Å². The molecule has 2 rings (SSSR count). The Labute approximate surface area is 81.3 Å². The predicted molar refractivity (Wildman–Crippen MR) is 55.0 cm³/mol. The third kappa shape index (κ3) is 1.87. The van der Waals surface area contributed by atoms with Gasteiger partial charge in [0.25, 0.3) is 0 Å². The van der Waals surface area contributed by atoms with E-state index in [1.54, 1.807) is 0 Å². The summed E-state index contributed by atoms with van der Waals surface area (Å²) in [5.74, 6) is 0. The topological polar surface area (TPSA) is 9.72 Å². The molecule has 0 spiro atoms. The van der Waals surface area contributed by atoms with Crippen LogP contribution in [0.15, 0.2) is 0 Å². The van der Waals surface area contributed by atoms with Crippen LogP contribution in [-0.4, -0.2) is 73.6 Å². The molecule has 0 aromatic carbocycles. The first kappa shape index (κ1) is 9.44. The van der Waals surface area contributed by atoms with E-state index in [4.69, 9.17) is 0 Å². The molecule has 1 unspecified atom stereocenters. The lowest BCUT2D eigenvalue weighted by Gasteiger charge is -2.49. The average Bonchev–Trinajstić information content (AvgIpc) is 2.00. The van der Waals surface area contributed by atoms with Gasteiger partial charge in [-0.2, -0.15) is 0 Å². The highest BCUT2D eigenvalue weighted by atomic mass is 15.4. The van der Waals surface area contributed by atoms with Crippen LogP contribution in [0.2, 0.25) is 0 Å². The van der Waals surface area contributed by atoms with Crippen LogP contribution in [-0.2, 0) is 0 Å². The van der Waals surface area contributed by atoms with Crippen LogP contribution in [0.3, 0.4) is 0 Å². The Bertz CT molecular complexity index is 175. The zero-order chi connectivity index (χ0) is 9.42. The second-order valence-electron chi connectivity index (χ2n) is 4.72. The van der Waals surface area contributed by atoms with Crippen LogP contribution in [0.5, 0.6) is 0 Å².